The molecule has 3 heterocycles. The fourth-order valence-electron chi connectivity index (χ4n) is 4.66. The molecule has 178 valence electrons. The number of pyridine rings is 1. The van der Waals surface area contributed by atoms with E-state index < -0.39 is 23.5 Å². The molecule has 4 rings (SSSR count). The number of benzene rings is 1. The van der Waals surface area contributed by atoms with E-state index in [2.05, 4.69) is 23.7 Å². The molecule has 1 N–H and O–H groups in total. The van der Waals surface area contributed by atoms with E-state index in [-0.39, 0.29) is 11.3 Å². The van der Waals surface area contributed by atoms with E-state index in [1.165, 1.54) is 17.0 Å². The van der Waals surface area contributed by atoms with Crippen LogP contribution in [0.25, 0.3) is 11.4 Å². The molecule has 1 atom stereocenters. The molecule has 1 unspecified atom stereocenters. The molecule has 7 nitrogen and oxygen atoms in total. The number of Topliss-reactive ketones (excluding diaryl/α,β-unsaturated/α-hetero) is 1. The number of imidazole rings is 1. The second-order valence-electron chi connectivity index (χ2n) is 8.40. The Morgan fingerprint density at radius 1 is 1.15 bits per heavy atom. The molecule has 0 spiro atoms. The minimum atomic E-state index is -0.888. The van der Waals surface area contributed by atoms with E-state index in [1.54, 1.807) is 41.8 Å². The zero-order chi connectivity index (χ0) is 24.4. The van der Waals surface area contributed by atoms with Crippen LogP contribution in [0.2, 0.25) is 0 Å². The highest BCUT2D eigenvalue weighted by Crippen LogP contribution is 2.40. The third kappa shape index (κ3) is 4.21. The van der Waals surface area contributed by atoms with Crippen LogP contribution in [0.3, 0.4) is 0 Å². The number of amides is 1. The highest BCUT2D eigenvalue weighted by Gasteiger charge is 2.46. The Kier molecular flexibility index (Phi) is 6.79. The van der Waals surface area contributed by atoms with Crippen molar-refractivity contribution >= 4 is 23.1 Å². The molecule has 3 aromatic rings. The van der Waals surface area contributed by atoms with Gasteiger partial charge in [0.05, 0.1) is 17.3 Å². The van der Waals surface area contributed by atoms with Crippen LogP contribution in [0.4, 0.5) is 4.39 Å². The van der Waals surface area contributed by atoms with Gasteiger partial charge in [0.2, 0.25) is 0 Å². The molecule has 0 radical (unpaired) electrons. The van der Waals surface area contributed by atoms with Crippen LogP contribution < -0.4 is 0 Å². The number of aliphatic hydroxyl groups excluding tert-OH is 1. The summed E-state index contributed by atoms with van der Waals surface area (Å²) in [5, 5.41) is 11.4. The molecule has 1 fully saturated rings. The van der Waals surface area contributed by atoms with Gasteiger partial charge in [0.25, 0.3) is 11.7 Å². The molecule has 1 aliphatic rings. The second kappa shape index (κ2) is 9.77. The fourth-order valence-corrected chi connectivity index (χ4v) is 4.66. The van der Waals surface area contributed by atoms with Crippen LogP contribution in [0.15, 0.2) is 54.2 Å². The van der Waals surface area contributed by atoms with Crippen molar-refractivity contribution in [3.05, 3.63) is 77.0 Å². The van der Waals surface area contributed by atoms with Crippen molar-refractivity contribution in [2.45, 2.75) is 33.2 Å². The number of carbonyl (C=O) groups excluding carboxylic acids is 2. The number of ketones is 1. The number of aromatic nitrogens is 2. The van der Waals surface area contributed by atoms with Crippen LogP contribution in [0.5, 0.6) is 0 Å². The number of halogens is 1. The van der Waals surface area contributed by atoms with Gasteiger partial charge in [-0.15, -0.1) is 0 Å². The van der Waals surface area contributed by atoms with Crippen LogP contribution in [-0.4, -0.2) is 62.2 Å². The van der Waals surface area contributed by atoms with E-state index in [1.807, 2.05) is 6.07 Å². The molecule has 1 amide bonds. The summed E-state index contributed by atoms with van der Waals surface area (Å²) in [6.45, 7) is 8.72. The minimum absolute atomic E-state index is 0.0489. The Morgan fingerprint density at radius 2 is 1.91 bits per heavy atom. The Hall–Kier alpha value is -3.52. The number of fused-ring (bicyclic) bond motifs is 1. The van der Waals surface area contributed by atoms with Crippen LogP contribution in [-0.2, 0) is 9.59 Å². The van der Waals surface area contributed by atoms with Crippen LogP contribution in [0, 0.1) is 12.7 Å². The van der Waals surface area contributed by atoms with Gasteiger partial charge in [-0.05, 0) is 62.8 Å². The summed E-state index contributed by atoms with van der Waals surface area (Å²) in [4.78, 5) is 34.5. The van der Waals surface area contributed by atoms with E-state index in [9.17, 15) is 19.1 Å². The summed E-state index contributed by atoms with van der Waals surface area (Å²) in [5.74, 6) is -2.26. The summed E-state index contributed by atoms with van der Waals surface area (Å²) < 4.78 is 15.9. The normalized spacial score (nSPS) is 17.9. The van der Waals surface area contributed by atoms with Crippen molar-refractivity contribution < 1.29 is 19.1 Å². The average Bonchev–Trinajstić information content (AvgIpc) is 3.29. The first kappa shape index (κ1) is 23.6. The SMILES string of the molecule is CCN(CC)CCCN1C(=O)C(=O)/C(=C(\O)c2c(C)nc3ccccn23)C1c1cccc(F)c1. The van der Waals surface area contributed by atoms with Gasteiger partial charge < -0.3 is 14.9 Å². The number of aliphatic hydroxyl groups is 1. The molecule has 1 saturated heterocycles. The molecule has 0 bridgehead atoms. The minimum Gasteiger partial charge on any atom is -0.505 e. The van der Waals surface area contributed by atoms with Crippen molar-refractivity contribution in [1.29, 1.82) is 0 Å². The molecule has 34 heavy (non-hydrogen) atoms. The molecular formula is C26H29FN4O3. The van der Waals surface area contributed by atoms with Gasteiger partial charge in [-0.3, -0.25) is 14.0 Å². The maximum Gasteiger partial charge on any atom is 0.295 e. The summed E-state index contributed by atoms with van der Waals surface area (Å²) in [6, 6.07) is 10.4. The molecule has 1 aliphatic heterocycles. The molecule has 0 aliphatic carbocycles. The van der Waals surface area contributed by atoms with Gasteiger partial charge in [0, 0.05) is 12.7 Å². The summed E-state index contributed by atoms with van der Waals surface area (Å²) in [5.41, 5.74) is 1.87. The van der Waals surface area contributed by atoms with Crippen molar-refractivity contribution in [1.82, 2.24) is 19.2 Å². The molecule has 1 aromatic carbocycles. The third-order valence-electron chi connectivity index (χ3n) is 6.40. The molecule has 0 saturated carbocycles. The molecule has 2 aromatic heterocycles. The third-order valence-corrected chi connectivity index (χ3v) is 6.40. The Bertz CT molecular complexity index is 1260. The maximum atomic E-state index is 14.2. The lowest BCUT2D eigenvalue weighted by molar-refractivity contribution is -0.140. The van der Waals surface area contributed by atoms with E-state index >= 15 is 0 Å². The smallest absolute Gasteiger partial charge is 0.295 e. The number of likely N-dealkylation sites (tertiary alicyclic amines) is 1. The molecular weight excluding hydrogens is 435 g/mol. The van der Waals surface area contributed by atoms with Crippen LogP contribution >= 0.6 is 0 Å². The van der Waals surface area contributed by atoms with Gasteiger partial charge in [-0.25, -0.2) is 9.37 Å². The van der Waals surface area contributed by atoms with Crippen molar-refractivity contribution in [2.75, 3.05) is 26.2 Å². The second-order valence-corrected chi connectivity index (χ2v) is 8.40. The van der Waals surface area contributed by atoms with E-state index in [0.717, 1.165) is 19.6 Å². The fraction of sp³-hybridized carbons (Fsp3) is 0.346. The summed E-state index contributed by atoms with van der Waals surface area (Å²) >= 11 is 0. The Morgan fingerprint density at radius 3 is 2.62 bits per heavy atom. The number of nitrogens with zero attached hydrogens (tertiary/aromatic N) is 4. The lowest BCUT2D eigenvalue weighted by Gasteiger charge is -2.26. The zero-order valence-electron chi connectivity index (χ0n) is 19.7. The summed E-state index contributed by atoms with van der Waals surface area (Å²) in [7, 11) is 0. The van der Waals surface area contributed by atoms with Crippen LogP contribution in [0.1, 0.15) is 43.3 Å². The number of aryl methyl sites for hydroxylation is 1. The highest BCUT2D eigenvalue weighted by atomic mass is 19.1. The average molecular weight is 465 g/mol. The first-order valence-electron chi connectivity index (χ1n) is 11.6. The van der Waals surface area contributed by atoms with Gasteiger partial charge >= 0.3 is 0 Å². The highest BCUT2D eigenvalue weighted by molar-refractivity contribution is 6.46. The monoisotopic (exact) mass is 464 g/mol. The molecule has 8 heteroatoms. The Balaban J connectivity index is 1.82. The van der Waals surface area contributed by atoms with E-state index in [4.69, 9.17) is 0 Å². The van der Waals surface area contributed by atoms with Gasteiger partial charge in [-0.2, -0.15) is 0 Å². The first-order valence-corrected chi connectivity index (χ1v) is 11.6. The van der Waals surface area contributed by atoms with E-state index in [0.29, 0.717) is 35.6 Å². The standard InChI is InChI=1S/C26H29FN4O3/c1-4-29(5-2)13-9-15-31-23(18-10-8-11-19(27)16-18)21(25(33)26(31)34)24(32)22-17(3)28-20-12-6-7-14-30(20)22/h6-8,10-12,14,16,23,32H,4-5,9,13,15H2,1-3H3/b24-21-. The quantitative estimate of drug-likeness (QED) is 0.310. The number of hydrogen-bond donors (Lipinski definition) is 1. The first-order chi connectivity index (χ1) is 16.4. The number of carbonyl (C=O) groups is 2. The van der Waals surface area contributed by atoms with Crippen molar-refractivity contribution in [3.8, 4) is 0 Å². The van der Waals surface area contributed by atoms with Gasteiger partial charge in [-0.1, -0.05) is 32.0 Å². The summed E-state index contributed by atoms with van der Waals surface area (Å²) in [6.07, 6.45) is 2.39. The lowest BCUT2D eigenvalue weighted by Crippen LogP contribution is -2.33. The van der Waals surface area contributed by atoms with Gasteiger partial charge in [0.1, 0.15) is 17.2 Å². The largest absolute Gasteiger partial charge is 0.505 e. The topological polar surface area (TPSA) is 78.2 Å². The van der Waals surface area contributed by atoms with Gasteiger partial charge in [0.15, 0.2) is 5.76 Å². The lowest BCUT2D eigenvalue weighted by atomic mass is 9.96. The maximum absolute atomic E-state index is 14.2. The number of rotatable bonds is 8. The Labute approximate surface area is 198 Å². The van der Waals surface area contributed by atoms with Crippen molar-refractivity contribution in [2.24, 2.45) is 0 Å². The zero-order valence-corrected chi connectivity index (χ0v) is 19.7. The van der Waals surface area contributed by atoms with Crippen molar-refractivity contribution in [3.63, 3.8) is 0 Å². The number of hydrogen-bond acceptors (Lipinski definition) is 5. The predicted octanol–water partition coefficient (Wildman–Crippen LogP) is 3.94. The predicted molar refractivity (Wildman–Crippen MR) is 128 cm³/mol.